The first-order valence-electron chi connectivity index (χ1n) is 9.31. The van der Waals surface area contributed by atoms with Crippen LogP contribution in [-0.2, 0) is 4.79 Å². The zero-order valence-electron chi connectivity index (χ0n) is 15.0. The molecule has 1 saturated heterocycles. The van der Waals surface area contributed by atoms with E-state index < -0.39 is 0 Å². The molecule has 2 aliphatic rings. The summed E-state index contributed by atoms with van der Waals surface area (Å²) in [6, 6.07) is 8.36. The van der Waals surface area contributed by atoms with Gasteiger partial charge < -0.3 is 20.4 Å². The van der Waals surface area contributed by atoms with Gasteiger partial charge in [-0.05, 0) is 56.4 Å². The number of anilines is 2. The predicted molar refractivity (Wildman–Crippen MR) is 100 cm³/mol. The van der Waals surface area contributed by atoms with Gasteiger partial charge in [0, 0.05) is 50.5 Å². The average Bonchev–Trinajstić information content (AvgIpc) is 3.43. The third kappa shape index (κ3) is 5.11. The standard InChI is InChI=1S/C19H28N4O2/c1-15(24)23(14-11-20-19(25)21-16-5-6-16)18-9-7-17(8-10-18)22-12-3-2-4-13-22/h7-10,16H,2-6,11-14H2,1H3,(H2,20,21,25). The molecule has 136 valence electrons. The summed E-state index contributed by atoms with van der Waals surface area (Å²) in [5.74, 6) is -0.0184. The molecular formula is C19H28N4O2. The van der Waals surface area contributed by atoms with E-state index in [2.05, 4.69) is 27.7 Å². The van der Waals surface area contributed by atoms with Crippen LogP contribution in [0, 0.1) is 0 Å². The van der Waals surface area contributed by atoms with Gasteiger partial charge in [-0.15, -0.1) is 0 Å². The molecule has 3 rings (SSSR count). The van der Waals surface area contributed by atoms with Gasteiger partial charge >= 0.3 is 6.03 Å². The highest BCUT2D eigenvalue weighted by Crippen LogP contribution is 2.23. The first-order valence-corrected chi connectivity index (χ1v) is 9.31. The molecule has 6 nitrogen and oxygen atoms in total. The van der Waals surface area contributed by atoms with Crippen LogP contribution in [0.4, 0.5) is 16.2 Å². The van der Waals surface area contributed by atoms with Crippen molar-refractivity contribution in [1.29, 1.82) is 0 Å². The number of hydrogen-bond donors (Lipinski definition) is 2. The first kappa shape index (κ1) is 17.6. The molecule has 1 aromatic rings. The maximum Gasteiger partial charge on any atom is 0.315 e. The van der Waals surface area contributed by atoms with Crippen LogP contribution in [0.3, 0.4) is 0 Å². The average molecular weight is 344 g/mol. The first-order chi connectivity index (χ1) is 12.1. The fourth-order valence-corrected chi connectivity index (χ4v) is 3.21. The van der Waals surface area contributed by atoms with Crippen LogP contribution in [0.2, 0.25) is 0 Å². The van der Waals surface area contributed by atoms with Crippen molar-refractivity contribution in [1.82, 2.24) is 10.6 Å². The lowest BCUT2D eigenvalue weighted by Crippen LogP contribution is -2.42. The Morgan fingerprint density at radius 3 is 2.40 bits per heavy atom. The molecule has 0 aromatic heterocycles. The van der Waals surface area contributed by atoms with Gasteiger partial charge in [0.1, 0.15) is 0 Å². The van der Waals surface area contributed by atoms with Gasteiger partial charge in [-0.3, -0.25) is 4.79 Å². The van der Waals surface area contributed by atoms with E-state index in [0.717, 1.165) is 31.6 Å². The van der Waals surface area contributed by atoms with Gasteiger partial charge in [-0.25, -0.2) is 4.79 Å². The van der Waals surface area contributed by atoms with Crippen molar-refractivity contribution in [2.45, 2.75) is 45.1 Å². The molecule has 1 heterocycles. The summed E-state index contributed by atoms with van der Waals surface area (Å²) < 4.78 is 0. The fraction of sp³-hybridized carbons (Fsp3) is 0.579. The molecular weight excluding hydrogens is 316 g/mol. The minimum atomic E-state index is -0.147. The number of hydrogen-bond acceptors (Lipinski definition) is 3. The summed E-state index contributed by atoms with van der Waals surface area (Å²) in [4.78, 5) is 27.8. The normalized spacial score (nSPS) is 17.1. The van der Waals surface area contributed by atoms with Crippen molar-refractivity contribution >= 4 is 23.3 Å². The zero-order valence-corrected chi connectivity index (χ0v) is 15.0. The number of piperidine rings is 1. The molecule has 2 N–H and O–H groups in total. The number of rotatable bonds is 6. The number of nitrogens with zero attached hydrogens (tertiary/aromatic N) is 2. The van der Waals surface area contributed by atoms with Gasteiger partial charge in [-0.1, -0.05) is 0 Å². The minimum Gasteiger partial charge on any atom is -0.372 e. The largest absolute Gasteiger partial charge is 0.372 e. The van der Waals surface area contributed by atoms with Crippen molar-refractivity contribution < 1.29 is 9.59 Å². The Morgan fingerprint density at radius 1 is 1.12 bits per heavy atom. The molecule has 0 spiro atoms. The molecule has 3 amide bonds. The maximum atomic E-state index is 12.0. The summed E-state index contributed by atoms with van der Waals surface area (Å²) in [6.07, 6.45) is 5.94. The van der Waals surface area contributed by atoms with Crippen LogP contribution in [0.5, 0.6) is 0 Å². The molecule has 1 aliphatic heterocycles. The molecule has 25 heavy (non-hydrogen) atoms. The van der Waals surface area contributed by atoms with E-state index in [0.29, 0.717) is 19.1 Å². The molecule has 0 bridgehead atoms. The third-order valence-electron chi connectivity index (χ3n) is 4.80. The van der Waals surface area contributed by atoms with Crippen molar-refractivity contribution in [2.24, 2.45) is 0 Å². The number of nitrogens with one attached hydrogen (secondary N) is 2. The third-order valence-corrected chi connectivity index (χ3v) is 4.80. The van der Waals surface area contributed by atoms with E-state index in [1.54, 1.807) is 11.8 Å². The van der Waals surface area contributed by atoms with Crippen LogP contribution >= 0.6 is 0 Å². The lowest BCUT2D eigenvalue weighted by molar-refractivity contribution is -0.116. The monoisotopic (exact) mass is 344 g/mol. The Bertz CT molecular complexity index is 592. The van der Waals surface area contributed by atoms with Gasteiger partial charge in [-0.2, -0.15) is 0 Å². The topological polar surface area (TPSA) is 64.7 Å². The number of benzene rings is 1. The Balaban J connectivity index is 1.53. The number of amides is 3. The SMILES string of the molecule is CC(=O)N(CCNC(=O)NC1CC1)c1ccc(N2CCCCC2)cc1. The molecule has 2 fully saturated rings. The molecule has 1 aromatic carbocycles. The van der Waals surface area contributed by atoms with Crippen molar-refractivity contribution in [2.75, 3.05) is 36.0 Å². The lowest BCUT2D eigenvalue weighted by Gasteiger charge is -2.29. The lowest BCUT2D eigenvalue weighted by atomic mass is 10.1. The highest BCUT2D eigenvalue weighted by molar-refractivity contribution is 5.91. The van der Waals surface area contributed by atoms with E-state index in [9.17, 15) is 9.59 Å². The highest BCUT2D eigenvalue weighted by atomic mass is 16.2. The zero-order chi connectivity index (χ0) is 17.6. The molecule has 6 heteroatoms. The van der Waals surface area contributed by atoms with Gasteiger partial charge in [0.15, 0.2) is 0 Å². The Hall–Kier alpha value is -2.24. The van der Waals surface area contributed by atoms with Crippen molar-refractivity contribution in [3.8, 4) is 0 Å². The summed E-state index contributed by atoms with van der Waals surface area (Å²) in [5, 5.41) is 5.70. The summed E-state index contributed by atoms with van der Waals surface area (Å²) in [7, 11) is 0. The maximum absolute atomic E-state index is 12.0. The van der Waals surface area contributed by atoms with E-state index in [4.69, 9.17) is 0 Å². The number of carbonyl (C=O) groups is 2. The Labute approximate surface area is 149 Å². The van der Waals surface area contributed by atoms with E-state index in [1.807, 2.05) is 12.1 Å². The van der Waals surface area contributed by atoms with Crippen LogP contribution in [0.15, 0.2) is 24.3 Å². The number of urea groups is 1. The Morgan fingerprint density at radius 2 is 1.80 bits per heavy atom. The second-order valence-corrected chi connectivity index (χ2v) is 6.91. The van der Waals surface area contributed by atoms with E-state index in [1.165, 1.54) is 24.9 Å². The predicted octanol–water partition coefficient (Wildman–Crippen LogP) is 2.49. The van der Waals surface area contributed by atoms with Gasteiger partial charge in [0.05, 0.1) is 0 Å². The van der Waals surface area contributed by atoms with Crippen LogP contribution in [0.25, 0.3) is 0 Å². The quantitative estimate of drug-likeness (QED) is 0.833. The van der Waals surface area contributed by atoms with Crippen LogP contribution in [0.1, 0.15) is 39.0 Å². The van der Waals surface area contributed by atoms with Crippen molar-refractivity contribution in [3.63, 3.8) is 0 Å². The van der Waals surface area contributed by atoms with Crippen LogP contribution in [-0.4, -0.2) is 44.2 Å². The number of carbonyl (C=O) groups excluding carboxylic acids is 2. The second-order valence-electron chi connectivity index (χ2n) is 6.91. The summed E-state index contributed by atoms with van der Waals surface area (Å²) in [6.45, 7) is 4.68. The highest BCUT2D eigenvalue weighted by Gasteiger charge is 2.23. The molecule has 0 unspecified atom stereocenters. The summed E-state index contributed by atoms with van der Waals surface area (Å²) >= 11 is 0. The van der Waals surface area contributed by atoms with Gasteiger partial charge in [0.2, 0.25) is 5.91 Å². The molecule has 0 atom stereocenters. The Kier molecular flexibility index (Phi) is 5.79. The summed E-state index contributed by atoms with van der Waals surface area (Å²) in [5.41, 5.74) is 2.09. The van der Waals surface area contributed by atoms with E-state index >= 15 is 0 Å². The van der Waals surface area contributed by atoms with Crippen LogP contribution < -0.4 is 20.4 Å². The fourth-order valence-electron chi connectivity index (χ4n) is 3.21. The molecule has 0 radical (unpaired) electrons. The molecule has 1 aliphatic carbocycles. The van der Waals surface area contributed by atoms with Crippen molar-refractivity contribution in [3.05, 3.63) is 24.3 Å². The second kappa shape index (κ2) is 8.23. The molecule has 1 saturated carbocycles. The minimum absolute atomic E-state index is 0.0184. The smallest absolute Gasteiger partial charge is 0.315 e. The van der Waals surface area contributed by atoms with E-state index in [-0.39, 0.29) is 11.9 Å². The van der Waals surface area contributed by atoms with Gasteiger partial charge in [0.25, 0.3) is 0 Å².